The van der Waals surface area contributed by atoms with E-state index < -0.39 is 23.7 Å². The molecule has 0 spiro atoms. The number of hydrogen-bond donors (Lipinski definition) is 1. The number of benzene rings is 2. The van der Waals surface area contributed by atoms with E-state index in [1.165, 1.54) is 29.2 Å². The van der Waals surface area contributed by atoms with Crippen molar-refractivity contribution < 1.29 is 23.1 Å². The zero-order valence-electron chi connectivity index (χ0n) is 21.7. The highest BCUT2D eigenvalue weighted by Crippen LogP contribution is 2.29. The van der Waals surface area contributed by atoms with Crippen LogP contribution in [0.1, 0.15) is 35.8 Å². The van der Waals surface area contributed by atoms with Gasteiger partial charge in [-0.05, 0) is 73.9 Å². The van der Waals surface area contributed by atoms with Crippen LogP contribution in [0.5, 0.6) is 0 Å². The monoisotopic (exact) mass is 532 g/mol. The molecule has 0 saturated carbocycles. The maximum absolute atomic E-state index is 13.9. The molecule has 2 aromatic heterocycles. The number of carbonyl (C=O) groups is 2. The van der Waals surface area contributed by atoms with Crippen LogP contribution in [0.3, 0.4) is 0 Å². The third kappa shape index (κ3) is 6.20. The van der Waals surface area contributed by atoms with Crippen LogP contribution in [-0.4, -0.2) is 51.3 Å². The van der Waals surface area contributed by atoms with Gasteiger partial charge in [0.1, 0.15) is 24.2 Å². The van der Waals surface area contributed by atoms with Crippen LogP contribution in [0.15, 0.2) is 65.1 Å². The molecule has 39 heavy (non-hydrogen) atoms. The van der Waals surface area contributed by atoms with Gasteiger partial charge in [0, 0.05) is 18.8 Å². The Morgan fingerprint density at radius 3 is 2.54 bits per heavy atom. The van der Waals surface area contributed by atoms with Gasteiger partial charge in [0.15, 0.2) is 5.76 Å². The highest BCUT2D eigenvalue weighted by atomic mass is 19.1. The van der Waals surface area contributed by atoms with Crippen molar-refractivity contribution in [3.63, 3.8) is 0 Å². The Bertz CT molecular complexity index is 1430. The van der Waals surface area contributed by atoms with Gasteiger partial charge >= 0.3 is 0 Å². The number of rotatable bonds is 9. The summed E-state index contributed by atoms with van der Waals surface area (Å²) in [5, 5.41) is 15.2. The molecule has 2 amide bonds. The number of anilines is 1. The van der Waals surface area contributed by atoms with E-state index in [2.05, 4.69) is 20.7 Å². The lowest BCUT2D eigenvalue weighted by molar-refractivity contribution is -0.127. The van der Waals surface area contributed by atoms with Crippen molar-refractivity contribution in [2.24, 2.45) is 0 Å². The predicted molar refractivity (Wildman–Crippen MR) is 140 cm³/mol. The molecule has 11 heteroatoms. The summed E-state index contributed by atoms with van der Waals surface area (Å²) in [6.07, 6.45) is 1.69. The number of nitrogens with one attached hydrogen (secondary N) is 1. The van der Waals surface area contributed by atoms with Gasteiger partial charge in [-0.1, -0.05) is 29.8 Å². The van der Waals surface area contributed by atoms with E-state index in [9.17, 15) is 14.0 Å². The van der Waals surface area contributed by atoms with Gasteiger partial charge in [0.2, 0.25) is 11.7 Å². The van der Waals surface area contributed by atoms with Crippen LogP contribution in [-0.2, 0) is 20.9 Å². The summed E-state index contributed by atoms with van der Waals surface area (Å²) in [4.78, 5) is 30.1. The third-order valence-corrected chi connectivity index (χ3v) is 6.49. The molecule has 0 bridgehead atoms. The lowest BCUT2D eigenvalue weighted by Gasteiger charge is -2.31. The summed E-state index contributed by atoms with van der Waals surface area (Å²) in [5.74, 6) is 0.0444. The number of halogens is 1. The molecule has 0 unspecified atom stereocenters. The number of tetrazole rings is 1. The van der Waals surface area contributed by atoms with E-state index in [-0.39, 0.29) is 18.5 Å². The van der Waals surface area contributed by atoms with Crippen molar-refractivity contribution in [3.05, 3.63) is 83.4 Å². The van der Waals surface area contributed by atoms with Crippen molar-refractivity contribution in [2.45, 2.75) is 45.4 Å². The molecule has 0 aliphatic carbocycles. The molecular weight excluding hydrogens is 503 g/mol. The summed E-state index contributed by atoms with van der Waals surface area (Å²) in [6, 6.07) is 15.2. The largest absolute Gasteiger partial charge is 0.458 e. The maximum Gasteiger partial charge on any atom is 0.251 e. The average Bonchev–Trinajstić information content (AvgIpc) is 3.70. The Balaban J connectivity index is 1.47. The number of nitrogens with zero attached hydrogens (tertiary/aromatic N) is 5. The van der Waals surface area contributed by atoms with Gasteiger partial charge in [-0.3, -0.25) is 14.5 Å². The smallest absolute Gasteiger partial charge is 0.251 e. The van der Waals surface area contributed by atoms with Gasteiger partial charge in [-0.25, -0.2) is 4.39 Å². The van der Waals surface area contributed by atoms with Crippen LogP contribution < -0.4 is 10.2 Å². The minimum atomic E-state index is -1.09. The van der Waals surface area contributed by atoms with E-state index in [0.29, 0.717) is 35.9 Å². The highest BCUT2D eigenvalue weighted by molar-refractivity contribution is 6.01. The number of aromatic nitrogens is 4. The quantitative estimate of drug-likeness (QED) is 0.349. The summed E-state index contributed by atoms with van der Waals surface area (Å²) in [6.45, 7) is 4.40. The fraction of sp³-hybridized carbons (Fsp3) is 0.321. The first kappa shape index (κ1) is 26.2. The maximum atomic E-state index is 13.9. The van der Waals surface area contributed by atoms with E-state index in [1.807, 2.05) is 19.1 Å². The lowest BCUT2D eigenvalue weighted by Crippen LogP contribution is -2.46. The summed E-state index contributed by atoms with van der Waals surface area (Å²) in [5.41, 5.74) is 1.94. The molecule has 2 aromatic carbocycles. The highest BCUT2D eigenvalue weighted by Gasteiger charge is 2.34. The number of carbonyl (C=O) groups excluding carboxylic acids is 2. The van der Waals surface area contributed by atoms with Gasteiger partial charge in [-0.15, -0.1) is 10.2 Å². The number of hydrogen-bond acceptors (Lipinski definition) is 7. The first-order valence-corrected chi connectivity index (χ1v) is 12.8. The zero-order valence-corrected chi connectivity index (χ0v) is 21.7. The second-order valence-electron chi connectivity index (χ2n) is 9.49. The van der Waals surface area contributed by atoms with Crippen LogP contribution in [0.2, 0.25) is 0 Å². The summed E-state index contributed by atoms with van der Waals surface area (Å²) < 4.78 is 25.0. The number of furan rings is 1. The van der Waals surface area contributed by atoms with Crippen molar-refractivity contribution in [3.8, 4) is 11.6 Å². The molecule has 1 fully saturated rings. The van der Waals surface area contributed by atoms with Crippen molar-refractivity contribution in [1.29, 1.82) is 0 Å². The van der Waals surface area contributed by atoms with Crippen LogP contribution in [0.25, 0.3) is 11.6 Å². The van der Waals surface area contributed by atoms with E-state index >= 15 is 0 Å². The minimum absolute atomic E-state index is 0.0886. The first-order chi connectivity index (χ1) is 18.9. The summed E-state index contributed by atoms with van der Waals surface area (Å²) in [7, 11) is 0. The van der Waals surface area contributed by atoms with Gasteiger partial charge in [0.25, 0.3) is 5.91 Å². The molecule has 1 N–H and O–H groups in total. The SMILES string of the molecule is Cc1ccc(N(C(=O)Cn2nnc(-c3ccc(C)o3)n2)[C@@H](C(=O)NC[C@@H]2CCCO2)c2ccc(F)cc2)cc1. The molecule has 1 aliphatic rings. The molecule has 4 aromatic rings. The van der Waals surface area contributed by atoms with Gasteiger partial charge < -0.3 is 14.5 Å². The molecule has 1 aliphatic heterocycles. The number of ether oxygens (including phenoxy) is 1. The molecule has 0 radical (unpaired) electrons. The fourth-order valence-corrected chi connectivity index (χ4v) is 4.48. The Hall–Kier alpha value is -4.38. The molecule has 1 saturated heterocycles. The van der Waals surface area contributed by atoms with E-state index in [0.717, 1.165) is 23.2 Å². The molecule has 10 nitrogen and oxygen atoms in total. The lowest BCUT2D eigenvalue weighted by atomic mass is 10.0. The number of amides is 2. The standard InChI is InChI=1S/C28H29FN6O4/c1-18-5-12-22(13-6-18)35(25(36)17-34-32-27(31-33-34)24-14-7-19(2)39-24)26(20-8-10-21(29)11-9-20)28(37)30-16-23-4-3-15-38-23/h5-14,23,26H,3-4,15-17H2,1-2H3,(H,30,37)/t23-,26+/m0/s1. The average molecular weight is 533 g/mol. The molecule has 3 heterocycles. The van der Waals surface area contributed by atoms with E-state index in [4.69, 9.17) is 9.15 Å². The van der Waals surface area contributed by atoms with Crippen molar-refractivity contribution in [1.82, 2.24) is 25.5 Å². The van der Waals surface area contributed by atoms with Crippen LogP contribution in [0.4, 0.5) is 10.1 Å². The second-order valence-corrected chi connectivity index (χ2v) is 9.49. The van der Waals surface area contributed by atoms with Crippen LogP contribution in [0, 0.1) is 19.7 Å². The number of aryl methyl sites for hydroxylation is 2. The van der Waals surface area contributed by atoms with E-state index in [1.54, 1.807) is 31.2 Å². The normalized spacial score (nSPS) is 15.7. The topological polar surface area (TPSA) is 115 Å². The zero-order chi connectivity index (χ0) is 27.4. The molecular formula is C28H29FN6O4. The Morgan fingerprint density at radius 2 is 1.87 bits per heavy atom. The molecule has 202 valence electrons. The van der Waals surface area contributed by atoms with Crippen molar-refractivity contribution in [2.75, 3.05) is 18.1 Å². The molecule has 2 atom stereocenters. The fourth-order valence-electron chi connectivity index (χ4n) is 4.48. The Kier molecular flexibility index (Phi) is 7.78. The van der Waals surface area contributed by atoms with Gasteiger partial charge in [0.05, 0.1) is 6.10 Å². The molecule has 5 rings (SSSR count). The Labute approximate surface area is 224 Å². The Morgan fingerprint density at radius 1 is 1.10 bits per heavy atom. The van der Waals surface area contributed by atoms with Gasteiger partial charge in [-0.2, -0.15) is 4.80 Å². The minimum Gasteiger partial charge on any atom is -0.458 e. The third-order valence-electron chi connectivity index (χ3n) is 6.49. The van der Waals surface area contributed by atoms with Crippen molar-refractivity contribution >= 4 is 17.5 Å². The predicted octanol–water partition coefficient (Wildman–Crippen LogP) is 3.76. The summed E-state index contributed by atoms with van der Waals surface area (Å²) >= 11 is 0. The first-order valence-electron chi connectivity index (χ1n) is 12.8. The second kappa shape index (κ2) is 11.6. The van der Waals surface area contributed by atoms with Crippen LogP contribution >= 0.6 is 0 Å².